The van der Waals surface area contributed by atoms with E-state index in [4.69, 9.17) is 4.74 Å². The second kappa shape index (κ2) is 7.31. The van der Waals surface area contributed by atoms with Crippen LogP contribution in [0.3, 0.4) is 0 Å². The van der Waals surface area contributed by atoms with Crippen LogP contribution in [0.5, 0.6) is 5.75 Å². The fraction of sp³-hybridized carbons (Fsp3) is 0.714. The maximum Gasteiger partial charge on any atom is 0.160 e. The summed E-state index contributed by atoms with van der Waals surface area (Å²) in [5.41, 5.74) is 0.954. The number of rotatable bonds is 7. The molecule has 1 rings (SSSR count). The van der Waals surface area contributed by atoms with Gasteiger partial charge in [0.1, 0.15) is 5.82 Å². The Morgan fingerprint density at radius 1 is 1.28 bits per heavy atom. The van der Waals surface area contributed by atoms with Gasteiger partial charge in [-0.1, -0.05) is 34.6 Å². The van der Waals surface area contributed by atoms with Gasteiger partial charge in [-0.15, -0.1) is 0 Å². The van der Waals surface area contributed by atoms with Gasteiger partial charge in [0.15, 0.2) is 5.75 Å². The lowest BCUT2D eigenvalue weighted by atomic mass is 10.2. The van der Waals surface area contributed by atoms with Crippen molar-refractivity contribution in [1.29, 1.82) is 0 Å². The van der Waals surface area contributed by atoms with Crippen LogP contribution >= 0.6 is 0 Å². The summed E-state index contributed by atoms with van der Waals surface area (Å²) in [6.45, 7) is 12.0. The second-order valence-electron chi connectivity index (χ2n) is 5.08. The summed E-state index contributed by atoms with van der Waals surface area (Å²) in [6, 6.07) is 0.432. The SMILES string of the molecule is CCCOc1cnc(C(C)C)nc1CNC(C)C. The minimum atomic E-state index is 0.336. The van der Waals surface area contributed by atoms with Gasteiger partial charge in [0, 0.05) is 18.5 Å². The maximum atomic E-state index is 5.69. The zero-order valence-electron chi connectivity index (χ0n) is 12.2. The molecule has 0 amide bonds. The van der Waals surface area contributed by atoms with Crippen LogP contribution < -0.4 is 10.1 Å². The quantitative estimate of drug-likeness (QED) is 0.809. The Morgan fingerprint density at radius 3 is 2.56 bits per heavy atom. The van der Waals surface area contributed by atoms with Crippen molar-refractivity contribution >= 4 is 0 Å². The number of aromatic nitrogens is 2. The Hall–Kier alpha value is -1.16. The molecule has 0 fully saturated rings. The van der Waals surface area contributed by atoms with Crippen LogP contribution in [0, 0.1) is 0 Å². The van der Waals surface area contributed by atoms with E-state index in [1.807, 2.05) is 0 Å². The first kappa shape index (κ1) is 14.9. The molecule has 1 N–H and O–H groups in total. The molecule has 102 valence electrons. The average Bonchev–Trinajstić information content (AvgIpc) is 2.33. The highest BCUT2D eigenvalue weighted by molar-refractivity contribution is 5.25. The molecule has 0 unspecified atom stereocenters. The highest BCUT2D eigenvalue weighted by atomic mass is 16.5. The highest BCUT2D eigenvalue weighted by Crippen LogP contribution is 2.18. The van der Waals surface area contributed by atoms with Crippen LogP contribution in [0.4, 0.5) is 0 Å². The molecule has 1 heterocycles. The molecule has 0 bridgehead atoms. The zero-order valence-corrected chi connectivity index (χ0v) is 12.2. The van der Waals surface area contributed by atoms with Crippen LogP contribution in [0.25, 0.3) is 0 Å². The molecule has 0 aliphatic carbocycles. The van der Waals surface area contributed by atoms with E-state index in [1.54, 1.807) is 6.20 Å². The van der Waals surface area contributed by atoms with Gasteiger partial charge in [0.05, 0.1) is 18.5 Å². The number of nitrogens with zero attached hydrogens (tertiary/aromatic N) is 2. The lowest BCUT2D eigenvalue weighted by molar-refractivity contribution is 0.308. The Morgan fingerprint density at radius 2 is 2.00 bits per heavy atom. The lowest BCUT2D eigenvalue weighted by Gasteiger charge is -2.14. The Labute approximate surface area is 110 Å². The summed E-state index contributed by atoms with van der Waals surface area (Å²) in [5, 5.41) is 3.37. The summed E-state index contributed by atoms with van der Waals surface area (Å²) in [6.07, 6.45) is 2.79. The molecule has 0 aliphatic heterocycles. The first-order valence-electron chi connectivity index (χ1n) is 6.76. The molecular weight excluding hydrogens is 226 g/mol. The van der Waals surface area contributed by atoms with Crippen molar-refractivity contribution in [2.45, 2.75) is 59.5 Å². The third kappa shape index (κ3) is 4.61. The van der Waals surface area contributed by atoms with E-state index in [0.717, 1.165) is 30.2 Å². The molecule has 0 aromatic carbocycles. The normalized spacial score (nSPS) is 11.3. The van der Waals surface area contributed by atoms with Gasteiger partial charge in [-0.2, -0.15) is 0 Å². The molecule has 4 heteroatoms. The summed E-state index contributed by atoms with van der Waals surface area (Å²) >= 11 is 0. The molecule has 0 aliphatic rings. The van der Waals surface area contributed by atoms with Crippen molar-refractivity contribution in [3.8, 4) is 5.75 Å². The van der Waals surface area contributed by atoms with Gasteiger partial charge < -0.3 is 10.1 Å². The van der Waals surface area contributed by atoms with Crippen LogP contribution in [0.1, 0.15) is 58.5 Å². The van der Waals surface area contributed by atoms with Crippen molar-refractivity contribution in [2.24, 2.45) is 0 Å². The molecular formula is C14H25N3O. The van der Waals surface area contributed by atoms with Crippen molar-refractivity contribution in [3.05, 3.63) is 17.7 Å². The molecule has 1 aromatic heterocycles. The second-order valence-corrected chi connectivity index (χ2v) is 5.08. The summed E-state index contributed by atoms with van der Waals surface area (Å²) in [5.74, 6) is 2.01. The minimum absolute atomic E-state index is 0.336. The highest BCUT2D eigenvalue weighted by Gasteiger charge is 2.11. The molecule has 0 radical (unpaired) electrons. The van der Waals surface area contributed by atoms with E-state index in [1.165, 1.54) is 0 Å². The number of hydrogen-bond acceptors (Lipinski definition) is 4. The predicted octanol–water partition coefficient (Wildman–Crippen LogP) is 2.89. The largest absolute Gasteiger partial charge is 0.490 e. The van der Waals surface area contributed by atoms with Gasteiger partial charge in [0.25, 0.3) is 0 Å². The first-order valence-corrected chi connectivity index (χ1v) is 6.76. The number of ether oxygens (including phenoxy) is 1. The predicted molar refractivity (Wildman–Crippen MR) is 73.9 cm³/mol. The third-order valence-electron chi connectivity index (χ3n) is 2.50. The lowest BCUT2D eigenvalue weighted by Crippen LogP contribution is -2.23. The topological polar surface area (TPSA) is 47.0 Å². The fourth-order valence-electron chi connectivity index (χ4n) is 1.46. The van der Waals surface area contributed by atoms with E-state index in [-0.39, 0.29) is 0 Å². The molecule has 18 heavy (non-hydrogen) atoms. The molecule has 4 nitrogen and oxygen atoms in total. The molecule has 1 aromatic rings. The minimum Gasteiger partial charge on any atom is -0.490 e. The number of nitrogens with one attached hydrogen (secondary N) is 1. The van der Waals surface area contributed by atoms with Crippen molar-refractivity contribution in [1.82, 2.24) is 15.3 Å². The van der Waals surface area contributed by atoms with E-state index < -0.39 is 0 Å². The van der Waals surface area contributed by atoms with E-state index >= 15 is 0 Å². The van der Waals surface area contributed by atoms with Crippen LogP contribution in [-0.2, 0) is 6.54 Å². The zero-order chi connectivity index (χ0) is 13.5. The van der Waals surface area contributed by atoms with Crippen molar-refractivity contribution in [2.75, 3.05) is 6.61 Å². The van der Waals surface area contributed by atoms with Gasteiger partial charge in [-0.25, -0.2) is 9.97 Å². The average molecular weight is 251 g/mol. The van der Waals surface area contributed by atoms with Crippen LogP contribution in [-0.4, -0.2) is 22.6 Å². The molecule has 0 atom stereocenters. The van der Waals surface area contributed by atoms with E-state index in [0.29, 0.717) is 18.6 Å². The fourth-order valence-corrected chi connectivity index (χ4v) is 1.46. The van der Waals surface area contributed by atoms with E-state index in [2.05, 4.69) is 49.9 Å². The first-order chi connectivity index (χ1) is 8.54. The van der Waals surface area contributed by atoms with Crippen LogP contribution in [0.15, 0.2) is 6.20 Å². The standard InChI is InChI=1S/C14H25N3O/c1-6-7-18-13-9-16-14(10(2)3)17-12(13)8-15-11(4)5/h9-11,15H,6-8H2,1-5H3. The summed E-state index contributed by atoms with van der Waals surface area (Å²) in [7, 11) is 0. The van der Waals surface area contributed by atoms with Gasteiger partial charge >= 0.3 is 0 Å². The number of hydrogen-bond donors (Lipinski definition) is 1. The Kier molecular flexibility index (Phi) is 6.05. The van der Waals surface area contributed by atoms with E-state index in [9.17, 15) is 0 Å². The van der Waals surface area contributed by atoms with Gasteiger partial charge in [0.2, 0.25) is 0 Å². The Balaban J connectivity index is 2.86. The third-order valence-corrected chi connectivity index (χ3v) is 2.50. The van der Waals surface area contributed by atoms with Gasteiger partial charge in [-0.3, -0.25) is 0 Å². The molecule has 0 saturated carbocycles. The molecule has 0 spiro atoms. The van der Waals surface area contributed by atoms with Gasteiger partial charge in [-0.05, 0) is 6.42 Å². The monoisotopic (exact) mass is 251 g/mol. The Bertz CT molecular complexity index is 364. The smallest absolute Gasteiger partial charge is 0.160 e. The van der Waals surface area contributed by atoms with Crippen molar-refractivity contribution in [3.63, 3.8) is 0 Å². The van der Waals surface area contributed by atoms with Crippen LogP contribution in [0.2, 0.25) is 0 Å². The maximum absolute atomic E-state index is 5.69. The molecule has 0 saturated heterocycles. The summed E-state index contributed by atoms with van der Waals surface area (Å²) < 4.78 is 5.69. The summed E-state index contributed by atoms with van der Waals surface area (Å²) in [4.78, 5) is 8.95. The van der Waals surface area contributed by atoms with Crippen molar-refractivity contribution < 1.29 is 4.74 Å².